The molecule has 5 N–H and O–H groups in total. The van der Waals surface area contributed by atoms with Crippen molar-refractivity contribution < 1.29 is 39.1 Å². The molecule has 1 saturated heterocycles. The molecule has 9 atom stereocenters. The number of carbonyl (C=O) groups is 2. The molecular formula is C27H45NO8. The minimum Gasteiger partial charge on any atom is -0.462 e. The van der Waals surface area contributed by atoms with E-state index in [4.69, 9.17) is 19.9 Å². The third-order valence-electron chi connectivity index (χ3n) is 7.24. The number of esters is 1. The molecule has 36 heavy (non-hydrogen) atoms. The first-order chi connectivity index (χ1) is 16.8. The summed E-state index contributed by atoms with van der Waals surface area (Å²) in [4.78, 5) is 24.5. The second kappa shape index (κ2) is 13.6. The Morgan fingerprint density at radius 1 is 1.28 bits per heavy atom. The van der Waals surface area contributed by atoms with Crippen LogP contribution in [-0.2, 0) is 19.0 Å². The number of carbonyl (C=O) groups excluding carboxylic acids is 2. The molecule has 4 unspecified atom stereocenters. The number of cyclic esters (lactones) is 1. The van der Waals surface area contributed by atoms with Gasteiger partial charge in [0.15, 0.2) is 5.79 Å². The number of aliphatic hydroxyl groups excluding tert-OH is 2. The maximum Gasteiger partial charge on any atom is 0.404 e. The molecule has 2 rings (SSSR count). The molecule has 0 aromatic heterocycles. The van der Waals surface area contributed by atoms with Gasteiger partial charge in [-0.3, -0.25) is 4.79 Å². The molecule has 9 heteroatoms. The van der Waals surface area contributed by atoms with Gasteiger partial charge in [-0.2, -0.15) is 0 Å². The number of fused-ring (bicyclic) bond motifs is 2. The summed E-state index contributed by atoms with van der Waals surface area (Å²) < 4.78 is 17.0. The van der Waals surface area contributed by atoms with Gasteiger partial charge >= 0.3 is 12.1 Å². The Hall–Kier alpha value is -1.94. The fraction of sp³-hybridized carbons (Fsp3) is 0.778. The SMILES string of the molecule is C/C=C/C(C)CCC(C)[C@H]1CC(O)CC(O)C/C(C)=C\[C@H]2O[C@@](O)(CC(=O)O1)C[C@@H](OC(N)=O)[C@@H]2C. The van der Waals surface area contributed by atoms with Crippen molar-refractivity contribution in [2.75, 3.05) is 0 Å². The first kappa shape index (κ1) is 30.3. The second-order valence-electron chi connectivity index (χ2n) is 10.8. The Labute approximate surface area is 214 Å². The van der Waals surface area contributed by atoms with Gasteiger partial charge in [0.05, 0.1) is 24.7 Å². The highest BCUT2D eigenvalue weighted by molar-refractivity contribution is 5.70. The molecule has 2 aliphatic rings. The molecular weight excluding hydrogens is 466 g/mol. The average molecular weight is 512 g/mol. The van der Waals surface area contributed by atoms with Crippen LogP contribution in [0.25, 0.3) is 0 Å². The van der Waals surface area contributed by atoms with Gasteiger partial charge in [-0.1, -0.05) is 44.6 Å². The lowest BCUT2D eigenvalue weighted by Gasteiger charge is -2.43. The fourth-order valence-corrected chi connectivity index (χ4v) is 5.17. The predicted molar refractivity (Wildman–Crippen MR) is 135 cm³/mol. The molecule has 0 saturated carbocycles. The quantitative estimate of drug-likeness (QED) is 0.313. The van der Waals surface area contributed by atoms with Crippen molar-refractivity contribution in [3.8, 4) is 0 Å². The first-order valence-corrected chi connectivity index (χ1v) is 13.0. The molecule has 206 valence electrons. The van der Waals surface area contributed by atoms with E-state index in [-0.39, 0.29) is 31.1 Å². The Morgan fingerprint density at radius 3 is 2.61 bits per heavy atom. The molecule has 1 amide bonds. The summed E-state index contributed by atoms with van der Waals surface area (Å²) in [7, 11) is 0. The van der Waals surface area contributed by atoms with E-state index in [0.29, 0.717) is 12.3 Å². The van der Waals surface area contributed by atoms with Crippen LogP contribution in [0.1, 0.15) is 79.6 Å². The second-order valence-corrected chi connectivity index (χ2v) is 10.8. The number of allylic oxidation sites excluding steroid dienone is 2. The zero-order valence-corrected chi connectivity index (χ0v) is 22.3. The molecule has 9 nitrogen and oxygen atoms in total. The van der Waals surface area contributed by atoms with Crippen molar-refractivity contribution in [2.24, 2.45) is 23.5 Å². The Morgan fingerprint density at radius 2 is 1.97 bits per heavy atom. The summed E-state index contributed by atoms with van der Waals surface area (Å²) in [5.41, 5.74) is 6.03. The number of ether oxygens (including phenoxy) is 3. The topological polar surface area (TPSA) is 149 Å². The van der Waals surface area contributed by atoms with Crippen LogP contribution in [0.15, 0.2) is 23.8 Å². The number of amides is 1. The number of primary amides is 1. The van der Waals surface area contributed by atoms with Crippen molar-refractivity contribution in [1.29, 1.82) is 0 Å². The minimum absolute atomic E-state index is 0.0522. The van der Waals surface area contributed by atoms with Crippen molar-refractivity contribution in [3.05, 3.63) is 23.8 Å². The summed E-state index contributed by atoms with van der Waals surface area (Å²) in [5, 5.41) is 32.5. The highest BCUT2D eigenvalue weighted by atomic mass is 16.6. The summed E-state index contributed by atoms with van der Waals surface area (Å²) in [6.45, 7) is 9.68. The Balaban J connectivity index is 2.30. The largest absolute Gasteiger partial charge is 0.462 e. The highest BCUT2D eigenvalue weighted by Crippen LogP contribution is 2.37. The van der Waals surface area contributed by atoms with E-state index < -0.39 is 54.8 Å². The lowest BCUT2D eigenvalue weighted by atomic mass is 9.85. The van der Waals surface area contributed by atoms with E-state index in [2.05, 4.69) is 13.0 Å². The van der Waals surface area contributed by atoms with E-state index in [1.807, 2.05) is 26.8 Å². The number of aliphatic hydroxyl groups is 3. The number of hydrogen-bond donors (Lipinski definition) is 4. The van der Waals surface area contributed by atoms with Crippen LogP contribution in [0.2, 0.25) is 0 Å². The van der Waals surface area contributed by atoms with Gasteiger partial charge in [0.1, 0.15) is 12.2 Å². The van der Waals surface area contributed by atoms with Gasteiger partial charge in [0.25, 0.3) is 0 Å². The van der Waals surface area contributed by atoms with Crippen LogP contribution in [0, 0.1) is 17.8 Å². The van der Waals surface area contributed by atoms with E-state index in [0.717, 1.165) is 18.4 Å². The van der Waals surface area contributed by atoms with Crippen molar-refractivity contribution in [3.63, 3.8) is 0 Å². The van der Waals surface area contributed by atoms with Gasteiger partial charge in [0.2, 0.25) is 0 Å². The summed E-state index contributed by atoms with van der Waals surface area (Å²) in [6.07, 6.45) is 2.85. The van der Waals surface area contributed by atoms with Crippen molar-refractivity contribution >= 4 is 12.1 Å². The lowest BCUT2D eigenvalue weighted by Crippen LogP contribution is -2.53. The molecule has 2 bridgehead atoms. The normalized spacial score (nSPS) is 37.8. The smallest absolute Gasteiger partial charge is 0.404 e. The van der Waals surface area contributed by atoms with E-state index >= 15 is 0 Å². The molecule has 0 radical (unpaired) electrons. The van der Waals surface area contributed by atoms with E-state index in [1.165, 1.54) is 0 Å². The van der Waals surface area contributed by atoms with Crippen LogP contribution in [0.3, 0.4) is 0 Å². The summed E-state index contributed by atoms with van der Waals surface area (Å²) in [5.74, 6) is -2.64. The third kappa shape index (κ3) is 9.50. The van der Waals surface area contributed by atoms with E-state index in [9.17, 15) is 24.9 Å². The van der Waals surface area contributed by atoms with Gasteiger partial charge < -0.3 is 35.3 Å². The van der Waals surface area contributed by atoms with Crippen LogP contribution in [0.4, 0.5) is 4.79 Å². The molecule has 0 spiro atoms. The number of hydrogen-bond acceptors (Lipinski definition) is 8. The fourth-order valence-electron chi connectivity index (χ4n) is 5.17. The maximum atomic E-state index is 13.0. The molecule has 0 aromatic rings. The molecule has 1 fully saturated rings. The van der Waals surface area contributed by atoms with Gasteiger partial charge in [-0.05, 0) is 51.4 Å². The zero-order chi connectivity index (χ0) is 27.0. The van der Waals surface area contributed by atoms with Crippen LogP contribution in [0.5, 0.6) is 0 Å². The Kier molecular flexibility index (Phi) is 11.4. The Bertz CT molecular complexity index is 799. The monoisotopic (exact) mass is 511 g/mol. The summed E-state index contributed by atoms with van der Waals surface area (Å²) in [6, 6.07) is 0. The van der Waals surface area contributed by atoms with Crippen molar-refractivity contribution in [2.45, 2.75) is 116 Å². The van der Waals surface area contributed by atoms with Gasteiger partial charge in [0, 0.05) is 18.8 Å². The maximum absolute atomic E-state index is 13.0. The van der Waals surface area contributed by atoms with Crippen LogP contribution in [-0.4, -0.2) is 63.7 Å². The first-order valence-electron chi connectivity index (χ1n) is 13.0. The highest BCUT2D eigenvalue weighted by Gasteiger charge is 2.47. The third-order valence-corrected chi connectivity index (χ3v) is 7.24. The molecule has 2 aliphatic heterocycles. The van der Waals surface area contributed by atoms with Crippen LogP contribution >= 0.6 is 0 Å². The van der Waals surface area contributed by atoms with Crippen LogP contribution < -0.4 is 5.73 Å². The summed E-state index contributed by atoms with van der Waals surface area (Å²) >= 11 is 0. The molecule has 0 aliphatic carbocycles. The predicted octanol–water partition coefficient (Wildman–Crippen LogP) is 3.35. The average Bonchev–Trinajstić information content (AvgIpc) is 2.73. The zero-order valence-electron chi connectivity index (χ0n) is 22.3. The van der Waals surface area contributed by atoms with Crippen molar-refractivity contribution in [1.82, 2.24) is 0 Å². The number of nitrogens with two attached hydrogens (primary N) is 1. The number of rotatable bonds is 6. The standard InChI is InChI=1S/C27H45NO8/c1-6-7-16(2)8-9-18(4)22-13-21(30)12-20(29)10-17(3)11-23-19(5)24(35-26(28)32)14-27(33,36-23)15-25(31)34-22/h6-7,11,16,18-24,29-30,33H,8-10,12-15H2,1-5H3,(H2,28,32)/b7-6+,17-11-/t16?,18?,19-,20?,21?,22-,23-,24-,27-/m1/s1. The minimum atomic E-state index is -1.93. The van der Waals surface area contributed by atoms with Gasteiger partial charge in [-0.15, -0.1) is 0 Å². The van der Waals surface area contributed by atoms with E-state index in [1.54, 1.807) is 13.0 Å². The molecule has 0 aromatic carbocycles. The lowest BCUT2D eigenvalue weighted by molar-refractivity contribution is -0.279. The molecule has 2 heterocycles. The van der Waals surface area contributed by atoms with Gasteiger partial charge in [-0.25, -0.2) is 4.79 Å².